The van der Waals surface area contributed by atoms with Crippen LogP contribution in [0, 0.1) is 23.2 Å². The summed E-state index contributed by atoms with van der Waals surface area (Å²) in [5.41, 5.74) is 2.77. The largest absolute Gasteiger partial charge is 0.392 e. The summed E-state index contributed by atoms with van der Waals surface area (Å²) in [7, 11) is 2.16. The minimum atomic E-state index is -0.564. The minimum Gasteiger partial charge on any atom is -0.392 e. The second-order valence-corrected chi connectivity index (χ2v) is 14.3. The number of amides is 2. The third kappa shape index (κ3) is 6.16. The van der Waals surface area contributed by atoms with Crippen molar-refractivity contribution >= 4 is 28.3 Å². The zero-order valence-corrected chi connectivity index (χ0v) is 27.0. The molecule has 0 bridgehead atoms. The molecule has 2 aromatic rings. The molecular weight excluding hydrogens is 546 g/mol. The van der Waals surface area contributed by atoms with Crippen LogP contribution in [0.5, 0.6) is 0 Å². The molecule has 230 valence electrons. The van der Waals surface area contributed by atoms with Gasteiger partial charge in [-0.25, -0.2) is 4.98 Å². The van der Waals surface area contributed by atoms with Crippen LogP contribution in [0.1, 0.15) is 79.9 Å². The zero-order chi connectivity index (χ0) is 30.2. The van der Waals surface area contributed by atoms with E-state index in [0.29, 0.717) is 23.8 Å². The summed E-state index contributed by atoms with van der Waals surface area (Å²) in [4.78, 5) is 39.1. The van der Waals surface area contributed by atoms with Gasteiger partial charge in [0.15, 0.2) is 5.13 Å². The van der Waals surface area contributed by atoms with E-state index < -0.39 is 6.10 Å². The lowest BCUT2D eigenvalue weighted by Gasteiger charge is -2.53. The van der Waals surface area contributed by atoms with Crippen molar-refractivity contribution in [3.63, 3.8) is 0 Å². The number of hydrogen-bond donors (Lipinski definition) is 2. The van der Waals surface area contributed by atoms with Gasteiger partial charge in [-0.05, 0) is 75.1 Å². The molecule has 8 nitrogen and oxygen atoms in total. The molecule has 1 saturated carbocycles. The van der Waals surface area contributed by atoms with Crippen LogP contribution in [0.15, 0.2) is 24.3 Å². The highest BCUT2D eigenvalue weighted by Crippen LogP contribution is 2.57. The van der Waals surface area contributed by atoms with E-state index in [1.807, 2.05) is 37.8 Å². The van der Waals surface area contributed by atoms with E-state index in [2.05, 4.69) is 48.1 Å². The number of piperazine rings is 1. The van der Waals surface area contributed by atoms with Gasteiger partial charge in [0.25, 0.3) is 5.91 Å². The summed E-state index contributed by atoms with van der Waals surface area (Å²) in [6.07, 6.45) is 2.09. The monoisotopic (exact) mass is 595 g/mol. The van der Waals surface area contributed by atoms with Gasteiger partial charge < -0.3 is 14.9 Å². The Kier molecular flexibility index (Phi) is 9.42. The highest BCUT2D eigenvalue weighted by Gasteiger charge is 2.54. The Bertz CT molecular complexity index is 1250. The van der Waals surface area contributed by atoms with Crippen LogP contribution in [0.4, 0.5) is 5.13 Å². The third-order valence-electron chi connectivity index (χ3n) is 10.5. The van der Waals surface area contributed by atoms with Gasteiger partial charge in [0.2, 0.25) is 5.91 Å². The van der Waals surface area contributed by atoms with Crippen LogP contribution in [-0.2, 0) is 17.8 Å². The van der Waals surface area contributed by atoms with Crippen molar-refractivity contribution in [2.24, 2.45) is 23.2 Å². The number of thiazole rings is 1. The van der Waals surface area contributed by atoms with Crippen molar-refractivity contribution in [2.75, 3.05) is 51.6 Å². The first-order valence-corrected chi connectivity index (χ1v) is 16.6. The number of aliphatic hydroxyl groups excluding tert-OH is 1. The molecule has 2 N–H and O–H groups in total. The molecule has 2 amide bonds. The number of likely N-dealkylation sites (N-methyl/N-ethyl adjacent to an activating group) is 1. The Morgan fingerprint density at radius 1 is 1.17 bits per heavy atom. The topological polar surface area (TPSA) is 89.0 Å². The average molecular weight is 596 g/mol. The van der Waals surface area contributed by atoms with Crippen molar-refractivity contribution in [3.05, 3.63) is 46.0 Å². The number of nitrogens with zero attached hydrogens (tertiary/aromatic N) is 4. The lowest BCUT2D eigenvalue weighted by molar-refractivity contribution is -0.144. The molecule has 1 aromatic carbocycles. The predicted octanol–water partition coefficient (Wildman–Crippen LogP) is 4.70. The number of benzene rings is 1. The van der Waals surface area contributed by atoms with E-state index in [4.69, 9.17) is 4.98 Å². The van der Waals surface area contributed by atoms with Gasteiger partial charge in [-0.2, -0.15) is 0 Å². The van der Waals surface area contributed by atoms with Crippen molar-refractivity contribution < 1.29 is 14.7 Å². The second kappa shape index (κ2) is 12.7. The summed E-state index contributed by atoms with van der Waals surface area (Å²) >= 11 is 1.57. The van der Waals surface area contributed by atoms with Crippen molar-refractivity contribution in [1.29, 1.82) is 0 Å². The predicted molar refractivity (Wildman–Crippen MR) is 169 cm³/mol. The number of aliphatic hydroxyl groups is 1. The molecule has 5 rings (SSSR count). The Morgan fingerprint density at radius 3 is 2.48 bits per heavy atom. The van der Waals surface area contributed by atoms with Crippen LogP contribution in [0.25, 0.3) is 0 Å². The summed E-state index contributed by atoms with van der Waals surface area (Å²) in [5, 5.41) is 15.4. The fourth-order valence-corrected chi connectivity index (χ4v) is 9.06. The SMILES string of the molecule is CCN(CC)C(=O)[C@@H](C)[C@@H]1CC[C@]2(C)Cc3sc(NC(=O)c4ccc(CN5CCN(C)CC5)cc4)nc3[C@@H](C)[C@@H]2[C@H]1O. The fraction of sp³-hybridized carbons (Fsp3) is 0.667. The number of rotatable bonds is 8. The number of carbonyl (C=O) groups excluding carboxylic acids is 2. The molecule has 1 saturated heterocycles. The van der Waals surface area contributed by atoms with E-state index in [-0.39, 0.29) is 40.9 Å². The summed E-state index contributed by atoms with van der Waals surface area (Å²) in [5.74, 6) is -0.207. The normalized spacial score (nSPS) is 28.9. The maximum Gasteiger partial charge on any atom is 0.257 e. The van der Waals surface area contributed by atoms with Crippen LogP contribution < -0.4 is 5.32 Å². The van der Waals surface area contributed by atoms with Gasteiger partial charge >= 0.3 is 0 Å². The Hall–Kier alpha value is -2.33. The quantitative estimate of drug-likeness (QED) is 0.460. The number of nitrogens with one attached hydrogen (secondary N) is 1. The molecule has 2 aliphatic carbocycles. The third-order valence-corrected chi connectivity index (χ3v) is 11.5. The summed E-state index contributed by atoms with van der Waals surface area (Å²) in [6, 6.07) is 7.92. The van der Waals surface area contributed by atoms with Gasteiger partial charge in [-0.15, -0.1) is 11.3 Å². The lowest BCUT2D eigenvalue weighted by Crippen LogP contribution is -2.53. The van der Waals surface area contributed by atoms with E-state index >= 15 is 0 Å². The number of aromatic nitrogens is 1. The maximum atomic E-state index is 13.2. The molecule has 3 aliphatic rings. The van der Waals surface area contributed by atoms with Crippen molar-refractivity contribution in [3.8, 4) is 0 Å². The van der Waals surface area contributed by atoms with Crippen LogP contribution in [-0.4, -0.2) is 89.0 Å². The van der Waals surface area contributed by atoms with Gasteiger partial charge in [0, 0.05) is 68.1 Å². The molecule has 9 heteroatoms. The molecule has 2 fully saturated rings. The van der Waals surface area contributed by atoms with E-state index in [0.717, 1.165) is 57.7 Å². The molecule has 0 spiro atoms. The first-order valence-electron chi connectivity index (χ1n) is 15.8. The van der Waals surface area contributed by atoms with Gasteiger partial charge in [0.05, 0.1) is 11.8 Å². The van der Waals surface area contributed by atoms with Crippen molar-refractivity contribution in [2.45, 2.75) is 72.4 Å². The molecule has 0 unspecified atom stereocenters. The Labute approximate surface area is 255 Å². The Morgan fingerprint density at radius 2 is 1.83 bits per heavy atom. The maximum absolute atomic E-state index is 13.2. The molecule has 2 heterocycles. The standard InChI is InChI=1S/C33H49N5O3S/c1-7-38(8-2)31(41)21(3)25-13-14-33(5)19-26-28(22(4)27(33)29(25)39)34-32(42-26)35-30(40)24-11-9-23(10-12-24)20-37-17-15-36(6)16-18-37/h9-12,21-22,25,27,29,39H,7-8,13-20H2,1-6H3,(H,34,35,40)/t21-,22-,25-,27+,29-,33+/m0/s1. The molecule has 1 aliphatic heterocycles. The van der Waals surface area contributed by atoms with Crippen LogP contribution >= 0.6 is 11.3 Å². The highest BCUT2D eigenvalue weighted by atomic mass is 32.1. The number of hydrogen-bond acceptors (Lipinski definition) is 7. The summed E-state index contributed by atoms with van der Waals surface area (Å²) in [6.45, 7) is 17.1. The summed E-state index contributed by atoms with van der Waals surface area (Å²) < 4.78 is 0. The van der Waals surface area contributed by atoms with E-state index in [9.17, 15) is 14.7 Å². The first-order chi connectivity index (χ1) is 20.0. The number of fused-ring (bicyclic) bond motifs is 2. The molecule has 0 radical (unpaired) electrons. The number of anilines is 1. The first kappa shape index (κ1) is 31.1. The van der Waals surface area contributed by atoms with Crippen molar-refractivity contribution in [1.82, 2.24) is 19.7 Å². The fourth-order valence-electron chi connectivity index (χ4n) is 7.80. The molecule has 6 atom stereocenters. The average Bonchev–Trinajstić information content (AvgIpc) is 3.36. The van der Waals surface area contributed by atoms with Crippen LogP contribution in [0.2, 0.25) is 0 Å². The van der Waals surface area contributed by atoms with E-state index in [1.54, 1.807) is 11.3 Å². The lowest BCUT2D eigenvalue weighted by atomic mass is 9.53. The molecule has 1 aromatic heterocycles. The molecule has 42 heavy (non-hydrogen) atoms. The molecular formula is C33H49N5O3S. The minimum absolute atomic E-state index is 0.0224. The van der Waals surface area contributed by atoms with Crippen LogP contribution in [0.3, 0.4) is 0 Å². The smallest absolute Gasteiger partial charge is 0.257 e. The van der Waals surface area contributed by atoms with Gasteiger partial charge in [-0.3, -0.25) is 19.8 Å². The zero-order valence-electron chi connectivity index (χ0n) is 26.2. The van der Waals surface area contributed by atoms with E-state index in [1.165, 1.54) is 10.4 Å². The van der Waals surface area contributed by atoms with Gasteiger partial charge in [-0.1, -0.05) is 32.9 Å². The highest BCUT2D eigenvalue weighted by molar-refractivity contribution is 7.15. The Balaban J connectivity index is 1.25. The number of carbonyl (C=O) groups is 2. The van der Waals surface area contributed by atoms with Gasteiger partial charge in [0.1, 0.15) is 0 Å². The second-order valence-electron chi connectivity index (χ2n) is 13.2.